The number of ether oxygens (including phenoxy) is 2. The summed E-state index contributed by atoms with van der Waals surface area (Å²) >= 11 is 6.40. The van der Waals surface area contributed by atoms with E-state index in [0.717, 1.165) is 10.9 Å². The second kappa shape index (κ2) is 7.32. The number of benzene rings is 2. The summed E-state index contributed by atoms with van der Waals surface area (Å²) in [4.78, 5) is 16.4. The molecule has 0 amide bonds. The van der Waals surface area contributed by atoms with E-state index in [2.05, 4.69) is 4.98 Å². The second-order valence-electron chi connectivity index (χ2n) is 5.12. The lowest BCUT2D eigenvalue weighted by Crippen LogP contribution is -2.09. The van der Waals surface area contributed by atoms with E-state index >= 15 is 0 Å². The van der Waals surface area contributed by atoms with Crippen LogP contribution in [-0.2, 0) is 11.3 Å². The first-order valence-electron chi connectivity index (χ1n) is 7.62. The summed E-state index contributed by atoms with van der Waals surface area (Å²) in [6, 6.07) is 17.1. The predicted molar refractivity (Wildman–Crippen MR) is 93.5 cm³/mol. The zero-order valence-corrected chi connectivity index (χ0v) is 13.9. The van der Waals surface area contributed by atoms with Crippen LogP contribution in [0.25, 0.3) is 10.9 Å². The third kappa shape index (κ3) is 3.34. The van der Waals surface area contributed by atoms with E-state index in [9.17, 15) is 4.79 Å². The summed E-state index contributed by atoms with van der Waals surface area (Å²) in [7, 11) is 0. The van der Waals surface area contributed by atoms with Crippen LogP contribution >= 0.6 is 11.6 Å². The Hall–Kier alpha value is -2.59. The molecule has 4 nitrogen and oxygen atoms in total. The number of nitrogens with zero attached hydrogens (tertiary/aromatic N) is 1. The van der Waals surface area contributed by atoms with Crippen LogP contribution in [0.1, 0.15) is 23.0 Å². The molecule has 1 heterocycles. The minimum absolute atomic E-state index is 0.0697. The molecule has 0 fully saturated rings. The molecule has 0 unspecified atom stereocenters. The maximum atomic E-state index is 12.1. The first-order chi connectivity index (χ1) is 11.7. The lowest BCUT2D eigenvalue weighted by atomic mass is 10.1. The summed E-state index contributed by atoms with van der Waals surface area (Å²) in [5.74, 6) is -0.119. The monoisotopic (exact) mass is 341 g/mol. The van der Waals surface area contributed by atoms with Crippen molar-refractivity contribution >= 4 is 28.5 Å². The average molecular weight is 342 g/mol. The highest BCUT2D eigenvalue weighted by atomic mass is 35.5. The van der Waals surface area contributed by atoms with Gasteiger partial charge in [0.15, 0.2) is 5.69 Å². The van der Waals surface area contributed by atoms with Gasteiger partial charge in [0.05, 0.1) is 12.1 Å². The van der Waals surface area contributed by atoms with Crippen LogP contribution in [0.2, 0.25) is 5.02 Å². The van der Waals surface area contributed by atoms with Gasteiger partial charge in [-0.3, -0.25) is 0 Å². The third-order valence-corrected chi connectivity index (χ3v) is 3.83. The lowest BCUT2D eigenvalue weighted by Gasteiger charge is -2.13. The van der Waals surface area contributed by atoms with E-state index in [-0.39, 0.29) is 17.3 Å². The number of hydrogen-bond acceptors (Lipinski definition) is 4. The lowest BCUT2D eigenvalue weighted by molar-refractivity contribution is 0.0519. The molecule has 3 rings (SSSR count). The molecule has 5 heteroatoms. The van der Waals surface area contributed by atoms with Crippen molar-refractivity contribution < 1.29 is 14.3 Å². The van der Waals surface area contributed by atoms with Crippen molar-refractivity contribution in [2.24, 2.45) is 0 Å². The second-order valence-corrected chi connectivity index (χ2v) is 5.49. The van der Waals surface area contributed by atoms with Crippen molar-refractivity contribution in [1.82, 2.24) is 4.98 Å². The van der Waals surface area contributed by atoms with Gasteiger partial charge in [-0.05, 0) is 24.6 Å². The van der Waals surface area contributed by atoms with Gasteiger partial charge in [-0.15, -0.1) is 0 Å². The maximum absolute atomic E-state index is 12.1. The molecule has 0 aliphatic heterocycles. The highest BCUT2D eigenvalue weighted by Crippen LogP contribution is 2.35. The largest absolute Gasteiger partial charge is 0.487 e. The Balaban J connectivity index is 2.03. The SMILES string of the molecule is CCOC(=O)c1nc2ccccc2c(OCc2ccccc2)c1Cl. The van der Waals surface area contributed by atoms with E-state index in [1.54, 1.807) is 6.92 Å². The normalized spacial score (nSPS) is 10.6. The summed E-state index contributed by atoms with van der Waals surface area (Å²) in [5, 5.41) is 0.926. The Bertz CT molecular complexity index is 865. The maximum Gasteiger partial charge on any atom is 0.358 e. The van der Waals surface area contributed by atoms with Gasteiger partial charge in [0, 0.05) is 5.39 Å². The minimum atomic E-state index is -0.558. The Morgan fingerprint density at radius 2 is 1.79 bits per heavy atom. The number of aromatic nitrogens is 1. The molecule has 0 N–H and O–H groups in total. The van der Waals surface area contributed by atoms with E-state index in [1.807, 2.05) is 54.6 Å². The van der Waals surface area contributed by atoms with Gasteiger partial charge in [-0.25, -0.2) is 9.78 Å². The summed E-state index contributed by atoms with van der Waals surface area (Å²) in [6.07, 6.45) is 0. The van der Waals surface area contributed by atoms with Crippen molar-refractivity contribution in [2.45, 2.75) is 13.5 Å². The van der Waals surface area contributed by atoms with Gasteiger partial charge >= 0.3 is 5.97 Å². The van der Waals surface area contributed by atoms with Gasteiger partial charge in [0.1, 0.15) is 17.4 Å². The van der Waals surface area contributed by atoms with Crippen LogP contribution in [0.15, 0.2) is 54.6 Å². The number of pyridine rings is 1. The number of carbonyl (C=O) groups excluding carboxylic acids is 1. The zero-order chi connectivity index (χ0) is 16.9. The molecular formula is C19H16ClNO3. The highest BCUT2D eigenvalue weighted by molar-refractivity contribution is 6.35. The molecule has 122 valence electrons. The van der Waals surface area contributed by atoms with Crippen LogP contribution in [-0.4, -0.2) is 17.6 Å². The molecule has 24 heavy (non-hydrogen) atoms. The smallest absolute Gasteiger partial charge is 0.358 e. The van der Waals surface area contributed by atoms with Crippen molar-refractivity contribution in [2.75, 3.05) is 6.61 Å². The number of hydrogen-bond donors (Lipinski definition) is 0. The van der Waals surface area contributed by atoms with Crippen LogP contribution in [0.5, 0.6) is 5.75 Å². The van der Waals surface area contributed by atoms with Crippen molar-refractivity contribution in [3.63, 3.8) is 0 Å². The molecule has 1 aromatic heterocycles. The average Bonchev–Trinajstić information content (AvgIpc) is 2.61. The Morgan fingerprint density at radius 1 is 1.08 bits per heavy atom. The molecule has 0 aliphatic carbocycles. The van der Waals surface area contributed by atoms with Crippen LogP contribution in [0.3, 0.4) is 0 Å². The van der Waals surface area contributed by atoms with Crippen LogP contribution in [0, 0.1) is 0 Å². The van der Waals surface area contributed by atoms with Gasteiger partial charge in [0.2, 0.25) is 0 Å². The van der Waals surface area contributed by atoms with Crippen molar-refractivity contribution in [3.05, 3.63) is 70.9 Å². The van der Waals surface area contributed by atoms with Gasteiger partial charge < -0.3 is 9.47 Å². The Morgan fingerprint density at radius 3 is 2.54 bits per heavy atom. The number of esters is 1. The Kier molecular flexibility index (Phi) is 4.96. The standard InChI is InChI=1S/C19H16ClNO3/c1-2-23-19(22)17-16(20)18(14-10-6-7-11-15(14)21-17)24-12-13-8-4-3-5-9-13/h3-11H,2,12H2,1H3. The topological polar surface area (TPSA) is 48.4 Å². The fraction of sp³-hybridized carbons (Fsp3) is 0.158. The first-order valence-corrected chi connectivity index (χ1v) is 8.00. The molecule has 0 saturated carbocycles. The highest BCUT2D eigenvalue weighted by Gasteiger charge is 2.21. The summed E-state index contributed by atoms with van der Waals surface area (Å²) in [5.41, 5.74) is 1.71. The third-order valence-electron chi connectivity index (χ3n) is 3.48. The predicted octanol–water partition coefficient (Wildman–Crippen LogP) is 4.64. The summed E-state index contributed by atoms with van der Waals surface area (Å²) in [6.45, 7) is 2.33. The number of carbonyl (C=O) groups is 1. The first kappa shape index (κ1) is 16.3. The molecule has 0 aliphatic rings. The quantitative estimate of drug-likeness (QED) is 0.634. The van der Waals surface area contributed by atoms with E-state index in [1.165, 1.54) is 0 Å². The number of halogens is 1. The minimum Gasteiger partial charge on any atom is -0.487 e. The van der Waals surface area contributed by atoms with Crippen molar-refractivity contribution in [1.29, 1.82) is 0 Å². The van der Waals surface area contributed by atoms with E-state index < -0.39 is 5.97 Å². The molecule has 0 spiro atoms. The van der Waals surface area contributed by atoms with Gasteiger partial charge in [0.25, 0.3) is 0 Å². The fourth-order valence-electron chi connectivity index (χ4n) is 2.36. The zero-order valence-electron chi connectivity index (χ0n) is 13.2. The molecular weight excluding hydrogens is 326 g/mol. The number of para-hydroxylation sites is 1. The molecule has 0 saturated heterocycles. The molecule has 0 atom stereocenters. The van der Waals surface area contributed by atoms with Crippen molar-refractivity contribution in [3.8, 4) is 5.75 Å². The van der Waals surface area contributed by atoms with Gasteiger partial charge in [-0.1, -0.05) is 54.1 Å². The van der Waals surface area contributed by atoms with E-state index in [0.29, 0.717) is 17.9 Å². The van der Waals surface area contributed by atoms with E-state index in [4.69, 9.17) is 21.1 Å². The van der Waals surface area contributed by atoms with Crippen LogP contribution < -0.4 is 4.74 Å². The van der Waals surface area contributed by atoms with Crippen LogP contribution in [0.4, 0.5) is 0 Å². The summed E-state index contributed by atoms with van der Waals surface area (Å²) < 4.78 is 11.0. The molecule has 3 aromatic rings. The number of rotatable bonds is 5. The molecule has 2 aromatic carbocycles. The fourth-order valence-corrected chi connectivity index (χ4v) is 2.64. The number of fused-ring (bicyclic) bond motifs is 1. The van der Waals surface area contributed by atoms with Gasteiger partial charge in [-0.2, -0.15) is 0 Å². The Labute approximate surface area is 145 Å². The molecule has 0 bridgehead atoms. The molecule has 0 radical (unpaired) electrons.